The molecule has 0 aliphatic heterocycles. The van der Waals surface area contributed by atoms with Gasteiger partial charge in [0, 0.05) is 5.69 Å². The molecule has 0 atom stereocenters. The van der Waals surface area contributed by atoms with Crippen LogP contribution in [0.3, 0.4) is 0 Å². The lowest BCUT2D eigenvalue weighted by molar-refractivity contribution is 0.350. The summed E-state index contributed by atoms with van der Waals surface area (Å²) in [5.41, 5.74) is 1.77. The highest BCUT2D eigenvalue weighted by atomic mass is 16.2. The van der Waals surface area contributed by atoms with E-state index in [1.807, 2.05) is 6.92 Å². The number of hydrogen-bond donors (Lipinski definition) is 2. The summed E-state index contributed by atoms with van der Waals surface area (Å²) in [6.45, 7) is 1.78. The van der Waals surface area contributed by atoms with Crippen LogP contribution in [0.2, 0.25) is 0 Å². The van der Waals surface area contributed by atoms with E-state index in [9.17, 15) is 0 Å². The third-order valence-electron chi connectivity index (χ3n) is 1.13. The molecule has 0 fully saturated rings. The molecule has 1 aromatic rings. The van der Waals surface area contributed by atoms with Gasteiger partial charge in [-0.15, -0.1) is 0 Å². The standard InChI is InChI=1S/C7H8N2O/c1-6-7(3-2-4-10)5-8-9-6/h5,10H,4H2,1H3,(H,8,9). The molecule has 0 spiro atoms. The Labute approximate surface area is 59.1 Å². The van der Waals surface area contributed by atoms with Crippen molar-refractivity contribution in [1.29, 1.82) is 0 Å². The largest absolute Gasteiger partial charge is 0.384 e. The topological polar surface area (TPSA) is 48.9 Å². The van der Waals surface area contributed by atoms with Gasteiger partial charge in [-0.2, -0.15) is 5.10 Å². The smallest absolute Gasteiger partial charge is 0.104 e. The Balaban J connectivity index is 2.84. The summed E-state index contributed by atoms with van der Waals surface area (Å²) in [6, 6.07) is 0. The third kappa shape index (κ3) is 1.36. The first-order valence-electron chi connectivity index (χ1n) is 2.94. The monoisotopic (exact) mass is 136 g/mol. The molecule has 52 valence electrons. The maximum absolute atomic E-state index is 8.35. The molecule has 0 saturated heterocycles. The van der Waals surface area contributed by atoms with Crippen molar-refractivity contribution in [3.8, 4) is 11.8 Å². The van der Waals surface area contributed by atoms with Gasteiger partial charge in [-0.3, -0.25) is 5.10 Å². The number of aromatic amines is 1. The van der Waals surface area contributed by atoms with E-state index in [0.29, 0.717) is 0 Å². The molecule has 1 heterocycles. The SMILES string of the molecule is Cc1[nH]ncc1C#CCO. The predicted octanol–water partition coefficient (Wildman–Crippen LogP) is 0.0619. The quantitative estimate of drug-likeness (QED) is 0.495. The lowest BCUT2D eigenvalue weighted by Gasteiger charge is -1.80. The summed E-state index contributed by atoms with van der Waals surface area (Å²) >= 11 is 0. The number of aliphatic hydroxyl groups is 1. The fourth-order valence-corrected chi connectivity index (χ4v) is 0.611. The van der Waals surface area contributed by atoms with Crippen LogP contribution in [0.5, 0.6) is 0 Å². The van der Waals surface area contributed by atoms with E-state index < -0.39 is 0 Å². The van der Waals surface area contributed by atoms with Crippen molar-refractivity contribution >= 4 is 0 Å². The van der Waals surface area contributed by atoms with Gasteiger partial charge in [-0.05, 0) is 6.92 Å². The highest BCUT2D eigenvalue weighted by molar-refractivity contribution is 5.34. The normalized spacial score (nSPS) is 8.60. The Hall–Kier alpha value is -1.27. The van der Waals surface area contributed by atoms with Gasteiger partial charge in [0.25, 0.3) is 0 Å². The molecule has 0 bridgehead atoms. The van der Waals surface area contributed by atoms with E-state index in [1.54, 1.807) is 6.20 Å². The fourth-order valence-electron chi connectivity index (χ4n) is 0.611. The summed E-state index contributed by atoms with van der Waals surface area (Å²) in [7, 11) is 0. The molecule has 3 heteroatoms. The molecule has 3 nitrogen and oxygen atoms in total. The van der Waals surface area contributed by atoms with Crippen molar-refractivity contribution < 1.29 is 5.11 Å². The zero-order valence-electron chi connectivity index (χ0n) is 5.68. The van der Waals surface area contributed by atoms with E-state index in [-0.39, 0.29) is 6.61 Å². The first-order chi connectivity index (χ1) is 4.84. The number of nitrogens with one attached hydrogen (secondary N) is 1. The van der Waals surface area contributed by atoms with Crippen molar-refractivity contribution in [1.82, 2.24) is 10.2 Å². The van der Waals surface area contributed by atoms with E-state index in [0.717, 1.165) is 11.3 Å². The van der Waals surface area contributed by atoms with E-state index in [2.05, 4.69) is 22.0 Å². The Morgan fingerprint density at radius 2 is 2.60 bits per heavy atom. The second-order valence-electron chi connectivity index (χ2n) is 1.87. The first kappa shape index (κ1) is 6.84. The number of aliphatic hydroxyl groups excluding tert-OH is 1. The van der Waals surface area contributed by atoms with Gasteiger partial charge in [0.1, 0.15) is 6.61 Å². The van der Waals surface area contributed by atoms with Crippen LogP contribution in [-0.4, -0.2) is 21.9 Å². The van der Waals surface area contributed by atoms with Crippen molar-refractivity contribution in [2.75, 3.05) is 6.61 Å². The minimum atomic E-state index is -0.107. The van der Waals surface area contributed by atoms with Crippen molar-refractivity contribution in [3.63, 3.8) is 0 Å². The highest BCUT2D eigenvalue weighted by Crippen LogP contribution is 1.98. The molecule has 0 saturated carbocycles. The van der Waals surface area contributed by atoms with Gasteiger partial charge in [-0.25, -0.2) is 0 Å². The molecule has 0 aromatic carbocycles. The van der Waals surface area contributed by atoms with E-state index >= 15 is 0 Å². The van der Waals surface area contributed by atoms with Crippen LogP contribution in [0.1, 0.15) is 11.3 Å². The molecule has 0 unspecified atom stereocenters. The summed E-state index contributed by atoms with van der Waals surface area (Å²) in [4.78, 5) is 0. The molecular weight excluding hydrogens is 128 g/mol. The Morgan fingerprint density at radius 3 is 3.10 bits per heavy atom. The second-order valence-corrected chi connectivity index (χ2v) is 1.87. The Bertz CT molecular complexity index is 267. The maximum Gasteiger partial charge on any atom is 0.104 e. The van der Waals surface area contributed by atoms with Gasteiger partial charge < -0.3 is 5.11 Å². The summed E-state index contributed by atoms with van der Waals surface area (Å²) in [6.07, 6.45) is 1.64. The Morgan fingerprint density at radius 1 is 1.80 bits per heavy atom. The number of aryl methyl sites for hydroxylation is 1. The minimum absolute atomic E-state index is 0.107. The van der Waals surface area contributed by atoms with Crippen LogP contribution in [0.4, 0.5) is 0 Å². The summed E-state index contributed by atoms with van der Waals surface area (Å²) in [5, 5.41) is 14.9. The maximum atomic E-state index is 8.35. The lowest BCUT2D eigenvalue weighted by Crippen LogP contribution is -1.77. The van der Waals surface area contributed by atoms with E-state index in [1.165, 1.54) is 0 Å². The van der Waals surface area contributed by atoms with Crippen LogP contribution in [0, 0.1) is 18.8 Å². The lowest BCUT2D eigenvalue weighted by atomic mass is 10.3. The molecule has 10 heavy (non-hydrogen) atoms. The zero-order valence-corrected chi connectivity index (χ0v) is 5.68. The predicted molar refractivity (Wildman–Crippen MR) is 37.3 cm³/mol. The van der Waals surface area contributed by atoms with Gasteiger partial charge >= 0.3 is 0 Å². The van der Waals surface area contributed by atoms with Gasteiger partial charge in [-0.1, -0.05) is 11.8 Å². The average Bonchev–Trinajstić information content (AvgIpc) is 2.31. The molecule has 0 amide bonds. The molecular formula is C7H8N2O. The van der Waals surface area contributed by atoms with Crippen molar-refractivity contribution in [2.45, 2.75) is 6.92 Å². The number of rotatable bonds is 0. The van der Waals surface area contributed by atoms with E-state index in [4.69, 9.17) is 5.11 Å². The summed E-state index contributed by atoms with van der Waals surface area (Å²) < 4.78 is 0. The van der Waals surface area contributed by atoms with Gasteiger partial charge in [0.05, 0.1) is 11.8 Å². The Kier molecular flexibility index (Phi) is 2.08. The van der Waals surface area contributed by atoms with Crippen LogP contribution in [-0.2, 0) is 0 Å². The number of hydrogen-bond acceptors (Lipinski definition) is 2. The third-order valence-corrected chi connectivity index (χ3v) is 1.13. The number of H-pyrrole nitrogens is 1. The van der Waals surface area contributed by atoms with Crippen LogP contribution in [0.15, 0.2) is 6.20 Å². The summed E-state index contributed by atoms with van der Waals surface area (Å²) in [5.74, 6) is 5.29. The fraction of sp³-hybridized carbons (Fsp3) is 0.286. The van der Waals surface area contributed by atoms with Crippen LogP contribution < -0.4 is 0 Å². The first-order valence-corrected chi connectivity index (χ1v) is 2.94. The zero-order chi connectivity index (χ0) is 7.40. The van der Waals surface area contributed by atoms with Crippen molar-refractivity contribution in [3.05, 3.63) is 17.5 Å². The number of nitrogens with zero attached hydrogens (tertiary/aromatic N) is 1. The minimum Gasteiger partial charge on any atom is -0.384 e. The van der Waals surface area contributed by atoms with Crippen LogP contribution >= 0.6 is 0 Å². The van der Waals surface area contributed by atoms with Gasteiger partial charge in [0.15, 0.2) is 0 Å². The molecule has 1 aromatic heterocycles. The molecule has 0 radical (unpaired) electrons. The van der Waals surface area contributed by atoms with Crippen molar-refractivity contribution in [2.24, 2.45) is 0 Å². The molecule has 2 N–H and O–H groups in total. The van der Waals surface area contributed by atoms with Crippen LogP contribution in [0.25, 0.3) is 0 Å². The van der Waals surface area contributed by atoms with Gasteiger partial charge in [0.2, 0.25) is 0 Å². The highest BCUT2D eigenvalue weighted by Gasteiger charge is 1.92. The molecule has 0 aliphatic rings. The second kappa shape index (κ2) is 3.04. The molecule has 0 aliphatic carbocycles. The molecule has 1 rings (SSSR count). The average molecular weight is 136 g/mol. The number of aromatic nitrogens is 2.